The molecular weight excluding hydrogens is 246 g/mol. The molecule has 5 N–H and O–H groups in total. The smallest absolute Gasteiger partial charge is 0.337 e. The Balaban J connectivity index is 2.89. The SMILES string of the molecule is CC(C)NC(=O)C(C)Nc1cc(N)ccc1C(=O)O. The van der Waals surface area contributed by atoms with E-state index in [-0.39, 0.29) is 17.5 Å². The van der Waals surface area contributed by atoms with Crippen LogP contribution in [0.15, 0.2) is 18.2 Å². The second-order valence-corrected chi connectivity index (χ2v) is 4.64. The predicted molar refractivity (Wildman–Crippen MR) is 74.2 cm³/mol. The number of amides is 1. The van der Waals surface area contributed by atoms with Crippen LogP contribution in [0.4, 0.5) is 11.4 Å². The lowest BCUT2D eigenvalue weighted by Gasteiger charge is -2.18. The number of carboxylic acids is 1. The predicted octanol–water partition coefficient (Wildman–Crippen LogP) is 1.29. The maximum absolute atomic E-state index is 11.8. The highest BCUT2D eigenvalue weighted by Gasteiger charge is 2.17. The van der Waals surface area contributed by atoms with Crippen molar-refractivity contribution in [3.8, 4) is 0 Å². The fraction of sp³-hybridized carbons (Fsp3) is 0.385. The van der Waals surface area contributed by atoms with Gasteiger partial charge in [0.05, 0.1) is 11.3 Å². The molecule has 0 heterocycles. The molecule has 0 fully saturated rings. The van der Waals surface area contributed by atoms with E-state index in [0.29, 0.717) is 11.4 Å². The number of hydrogen-bond acceptors (Lipinski definition) is 4. The fourth-order valence-corrected chi connectivity index (χ4v) is 1.58. The Kier molecular flexibility index (Phi) is 4.74. The number of aromatic carboxylic acids is 1. The van der Waals surface area contributed by atoms with Crippen molar-refractivity contribution >= 4 is 23.3 Å². The highest BCUT2D eigenvalue weighted by molar-refractivity contribution is 5.96. The lowest BCUT2D eigenvalue weighted by molar-refractivity contribution is -0.122. The molecule has 0 bridgehead atoms. The Bertz CT molecular complexity index is 486. The Morgan fingerprint density at radius 1 is 1.26 bits per heavy atom. The highest BCUT2D eigenvalue weighted by Crippen LogP contribution is 2.20. The van der Waals surface area contributed by atoms with E-state index in [9.17, 15) is 9.59 Å². The maximum atomic E-state index is 11.8. The van der Waals surface area contributed by atoms with Crippen LogP contribution in [0.5, 0.6) is 0 Å². The number of carboxylic acid groups (broad SMARTS) is 1. The summed E-state index contributed by atoms with van der Waals surface area (Å²) in [7, 11) is 0. The minimum absolute atomic E-state index is 0.0246. The number of carbonyl (C=O) groups is 2. The van der Waals surface area contributed by atoms with Crippen LogP contribution in [0.25, 0.3) is 0 Å². The first kappa shape index (κ1) is 14.8. The summed E-state index contributed by atoms with van der Waals surface area (Å²) in [4.78, 5) is 22.9. The minimum atomic E-state index is -1.07. The molecule has 1 aromatic carbocycles. The van der Waals surface area contributed by atoms with Gasteiger partial charge in [0.2, 0.25) is 5.91 Å². The van der Waals surface area contributed by atoms with Crippen molar-refractivity contribution in [2.45, 2.75) is 32.9 Å². The maximum Gasteiger partial charge on any atom is 0.337 e. The number of rotatable bonds is 5. The van der Waals surface area contributed by atoms with Crippen molar-refractivity contribution in [2.75, 3.05) is 11.1 Å². The Labute approximate surface area is 112 Å². The summed E-state index contributed by atoms with van der Waals surface area (Å²) in [6.07, 6.45) is 0. The molecule has 0 saturated carbocycles. The standard InChI is InChI=1S/C13H19N3O3/c1-7(2)15-12(17)8(3)16-11-6-9(14)4-5-10(11)13(18)19/h4-8,16H,14H2,1-3H3,(H,15,17)(H,18,19). The number of hydrogen-bond donors (Lipinski definition) is 4. The molecule has 0 aliphatic heterocycles. The molecule has 0 aliphatic rings. The van der Waals surface area contributed by atoms with Crippen molar-refractivity contribution in [1.29, 1.82) is 0 Å². The normalized spacial score (nSPS) is 12.0. The molecule has 19 heavy (non-hydrogen) atoms. The zero-order valence-electron chi connectivity index (χ0n) is 11.2. The van der Waals surface area contributed by atoms with Crippen LogP contribution in [0.2, 0.25) is 0 Å². The molecule has 1 aromatic rings. The number of nitrogens with one attached hydrogen (secondary N) is 2. The summed E-state index contributed by atoms with van der Waals surface area (Å²) in [5.41, 5.74) is 6.48. The third kappa shape index (κ3) is 4.17. The summed E-state index contributed by atoms with van der Waals surface area (Å²) in [5, 5.41) is 14.7. The van der Waals surface area contributed by atoms with Crippen molar-refractivity contribution in [2.24, 2.45) is 0 Å². The van der Waals surface area contributed by atoms with Crippen LogP contribution in [0.3, 0.4) is 0 Å². The summed E-state index contributed by atoms with van der Waals surface area (Å²) < 4.78 is 0. The molecule has 0 radical (unpaired) electrons. The van der Waals surface area contributed by atoms with Gasteiger partial charge in [0.25, 0.3) is 0 Å². The number of anilines is 2. The van der Waals surface area contributed by atoms with Gasteiger partial charge in [-0.3, -0.25) is 4.79 Å². The van der Waals surface area contributed by atoms with Crippen molar-refractivity contribution < 1.29 is 14.7 Å². The third-order valence-corrected chi connectivity index (χ3v) is 2.47. The molecule has 1 atom stereocenters. The van der Waals surface area contributed by atoms with Crippen LogP contribution in [-0.4, -0.2) is 29.1 Å². The Morgan fingerprint density at radius 3 is 2.42 bits per heavy atom. The van der Waals surface area contributed by atoms with Crippen LogP contribution >= 0.6 is 0 Å². The average Bonchev–Trinajstić information content (AvgIpc) is 2.27. The summed E-state index contributed by atoms with van der Waals surface area (Å²) >= 11 is 0. The first-order chi connectivity index (χ1) is 8.81. The van der Waals surface area contributed by atoms with E-state index in [4.69, 9.17) is 10.8 Å². The van der Waals surface area contributed by atoms with Gasteiger partial charge in [0.1, 0.15) is 6.04 Å². The lowest BCUT2D eigenvalue weighted by Crippen LogP contribution is -2.41. The topological polar surface area (TPSA) is 104 Å². The molecule has 0 aliphatic carbocycles. The molecule has 0 spiro atoms. The van der Waals surface area contributed by atoms with Crippen LogP contribution in [0.1, 0.15) is 31.1 Å². The van der Waals surface area contributed by atoms with E-state index >= 15 is 0 Å². The fourth-order valence-electron chi connectivity index (χ4n) is 1.58. The van der Waals surface area contributed by atoms with E-state index in [2.05, 4.69) is 10.6 Å². The van der Waals surface area contributed by atoms with Gasteiger partial charge in [-0.2, -0.15) is 0 Å². The lowest BCUT2D eigenvalue weighted by atomic mass is 10.1. The minimum Gasteiger partial charge on any atom is -0.478 e. The van der Waals surface area contributed by atoms with E-state index in [1.165, 1.54) is 18.2 Å². The molecule has 6 nitrogen and oxygen atoms in total. The molecule has 0 aromatic heterocycles. The van der Waals surface area contributed by atoms with E-state index in [1.54, 1.807) is 6.92 Å². The van der Waals surface area contributed by atoms with Crippen LogP contribution < -0.4 is 16.4 Å². The van der Waals surface area contributed by atoms with Gasteiger partial charge < -0.3 is 21.5 Å². The number of nitrogens with two attached hydrogens (primary N) is 1. The van der Waals surface area contributed by atoms with Gasteiger partial charge in [0, 0.05) is 11.7 Å². The molecule has 1 rings (SSSR count). The molecular formula is C13H19N3O3. The second kappa shape index (κ2) is 6.08. The largest absolute Gasteiger partial charge is 0.478 e. The van der Waals surface area contributed by atoms with Crippen molar-refractivity contribution in [3.63, 3.8) is 0 Å². The highest BCUT2D eigenvalue weighted by atomic mass is 16.4. The number of carbonyl (C=O) groups excluding carboxylic acids is 1. The number of nitrogen functional groups attached to an aromatic ring is 1. The Morgan fingerprint density at radius 2 is 1.89 bits per heavy atom. The Hall–Kier alpha value is -2.24. The summed E-state index contributed by atoms with van der Waals surface area (Å²) in [5.74, 6) is -1.27. The zero-order valence-corrected chi connectivity index (χ0v) is 11.2. The first-order valence-corrected chi connectivity index (χ1v) is 6.01. The molecule has 6 heteroatoms. The first-order valence-electron chi connectivity index (χ1n) is 6.01. The van der Waals surface area contributed by atoms with Gasteiger partial charge in [-0.25, -0.2) is 4.79 Å². The zero-order chi connectivity index (χ0) is 14.6. The summed E-state index contributed by atoms with van der Waals surface area (Å²) in [6, 6.07) is 3.89. The van der Waals surface area contributed by atoms with E-state index < -0.39 is 12.0 Å². The monoisotopic (exact) mass is 265 g/mol. The van der Waals surface area contributed by atoms with Crippen LogP contribution in [0, 0.1) is 0 Å². The van der Waals surface area contributed by atoms with E-state index in [1.807, 2.05) is 13.8 Å². The summed E-state index contributed by atoms with van der Waals surface area (Å²) in [6.45, 7) is 5.37. The average molecular weight is 265 g/mol. The second-order valence-electron chi connectivity index (χ2n) is 4.64. The van der Waals surface area contributed by atoms with Gasteiger partial charge in [0.15, 0.2) is 0 Å². The third-order valence-electron chi connectivity index (χ3n) is 2.47. The molecule has 1 unspecified atom stereocenters. The quantitative estimate of drug-likeness (QED) is 0.600. The number of benzene rings is 1. The van der Waals surface area contributed by atoms with Gasteiger partial charge in [-0.05, 0) is 39.0 Å². The van der Waals surface area contributed by atoms with Crippen molar-refractivity contribution in [1.82, 2.24) is 5.32 Å². The van der Waals surface area contributed by atoms with Crippen LogP contribution in [-0.2, 0) is 4.79 Å². The van der Waals surface area contributed by atoms with Crippen molar-refractivity contribution in [3.05, 3.63) is 23.8 Å². The molecule has 0 saturated heterocycles. The van der Waals surface area contributed by atoms with Gasteiger partial charge >= 0.3 is 5.97 Å². The van der Waals surface area contributed by atoms with Gasteiger partial charge in [-0.15, -0.1) is 0 Å². The van der Waals surface area contributed by atoms with E-state index in [0.717, 1.165) is 0 Å². The van der Waals surface area contributed by atoms with Gasteiger partial charge in [-0.1, -0.05) is 0 Å². The molecule has 104 valence electrons. The molecule has 1 amide bonds.